The number of fused-ring (bicyclic) bond motifs is 1. The van der Waals surface area contributed by atoms with Crippen molar-refractivity contribution in [2.24, 2.45) is 0 Å². The SMILES string of the molecule is CC(=O)SCC=Cc1[nH]nc2ncnc(Cl)c12. The average molecular weight is 269 g/mol. The van der Waals surface area contributed by atoms with Gasteiger partial charge >= 0.3 is 0 Å². The van der Waals surface area contributed by atoms with Crippen LogP contribution in [0.15, 0.2) is 12.4 Å². The van der Waals surface area contributed by atoms with Crippen LogP contribution in [0.2, 0.25) is 5.15 Å². The molecule has 0 atom stereocenters. The maximum Gasteiger partial charge on any atom is 0.186 e. The molecule has 0 unspecified atom stereocenters. The summed E-state index contributed by atoms with van der Waals surface area (Å²) in [5.41, 5.74) is 1.28. The lowest BCUT2D eigenvalue weighted by atomic mass is 10.3. The molecule has 0 aromatic carbocycles. The molecule has 2 rings (SSSR count). The van der Waals surface area contributed by atoms with Crippen molar-refractivity contribution in [1.29, 1.82) is 0 Å². The first-order valence-electron chi connectivity index (χ1n) is 4.83. The van der Waals surface area contributed by atoms with Crippen LogP contribution in [0.3, 0.4) is 0 Å². The summed E-state index contributed by atoms with van der Waals surface area (Å²) in [4.78, 5) is 18.6. The molecule has 17 heavy (non-hydrogen) atoms. The Morgan fingerprint density at radius 1 is 1.59 bits per heavy atom. The number of thioether (sulfide) groups is 1. The van der Waals surface area contributed by atoms with Crippen LogP contribution in [0.25, 0.3) is 17.1 Å². The molecule has 88 valence electrons. The molecule has 7 heteroatoms. The average Bonchev–Trinajstić information content (AvgIpc) is 2.69. The van der Waals surface area contributed by atoms with Gasteiger partial charge in [0.25, 0.3) is 0 Å². The van der Waals surface area contributed by atoms with Crippen LogP contribution in [0.1, 0.15) is 12.6 Å². The molecule has 5 nitrogen and oxygen atoms in total. The molecule has 0 spiro atoms. The number of nitrogens with one attached hydrogen (secondary N) is 1. The molecule has 2 aromatic heterocycles. The van der Waals surface area contributed by atoms with Crippen molar-refractivity contribution in [2.45, 2.75) is 6.92 Å². The van der Waals surface area contributed by atoms with Crippen molar-refractivity contribution in [3.05, 3.63) is 23.3 Å². The van der Waals surface area contributed by atoms with Gasteiger partial charge in [-0.2, -0.15) is 5.10 Å². The van der Waals surface area contributed by atoms with E-state index in [1.807, 2.05) is 12.2 Å². The van der Waals surface area contributed by atoms with Gasteiger partial charge in [-0.05, 0) is 6.08 Å². The highest BCUT2D eigenvalue weighted by Crippen LogP contribution is 2.21. The molecule has 0 fully saturated rings. The van der Waals surface area contributed by atoms with Gasteiger partial charge < -0.3 is 0 Å². The molecule has 0 aliphatic heterocycles. The molecule has 0 aliphatic carbocycles. The van der Waals surface area contributed by atoms with Crippen molar-refractivity contribution in [3.8, 4) is 0 Å². The zero-order chi connectivity index (χ0) is 12.3. The third-order valence-corrected chi connectivity index (χ3v) is 3.05. The molecular weight excluding hydrogens is 260 g/mol. The van der Waals surface area contributed by atoms with Gasteiger partial charge in [0.15, 0.2) is 10.8 Å². The van der Waals surface area contributed by atoms with E-state index in [0.29, 0.717) is 21.9 Å². The minimum atomic E-state index is 0.0884. The maximum absolute atomic E-state index is 10.7. The number of hydrogen-bond acceptors (Lipinski definition) is 5. The Labute approximate surface area is 107 Å². The van der Waals surface area contributed by atoms with Crippen molar-refractivity contribution in [3.63, 3.8) is 0 Å². The summed E-state index contributed by atoms with van der Waals surface area (Å²) in [5.74, 6) is 0.612. The smallest absolute Gasteiger partial charge is 0.186 e. The molecule has 0 saturated carbocycles. The second-order valence-electron chi connectivity index (χ2n) is 3.21. The lowest BCUT2D eigenvalue weighted by Gasteiger charge is -1.92. The first kappa shape index (κ1) is 12.1. The van der Waals surface area contributed by atoms with Crippen LogP contribution in [0.4, 0.5) is 0 Å². The third-order valence-electron chi connectivity index (χ3n) is 2.00. The van der Waals surface area contributed by atoms with Crippen molar-refractivity contribution >= 4 is 45.6 Å². The monoisotopic (exact) mass is 268 g/mol. The maximum atomic E-state index is 10.7. The first-order valence-corrected chi connectivity index (χ1v) is 6.19. The number of carbonyl (C=O) groups is 1. The zero-order valence-corrected chi connectivity index (χ0v) is 10.5. The largest absolute Gasteiger partial charge is 0.288 e. The van der Waals surface area contributed by atoms with Gasteiger partial charge in [-0.1, -0.05) is 29.4 Å². The predicted octanol–water partition coefficient (Wildman–Crippen LogP) is 2.30. The molecule has 2 aromatic rings. The summed E-state index contributed by atoms with van der Waals surface area (Å²) in [6.45, 7) is 1.54. The number of hydrogen-bond donors (Lipinski definition) is 1. The number of aromatic amines is 1. The third kappa shape index (κ3) is 2.83. The number of H-pyrrole nitrogens is 1. The Morgan fingerprint density at radius 3 is 3.18 bits per heavy atom. The van der Waals surface area contributed by atoms with E-state index < -0.39 is 0 Å². The Balaban J connectivity index is 2.22. The van der Waals surface area contributed by atoms with Crippen molar-refractivity contribution < 1.29 is 4.79 Å². The van der Waals surface area contributed by atoms with Gasteiger partial charge in [-0.15, -0.1) is 0 Å². The first-order chi connectivity index (χ1) is 8.18. The van der Waals surface area contributed by atoms with Gasteiger partial charge in [0.2, 0.25) is 0 Å². The lowest BCUT2D eigenvalue weighted by Crippen LogP contribution is -1.83. The minimum Gasteiger partial charge on any atom is -0.288 e. The number of rotatable bonds is 3. The van der Waals surface area contributed by atoms with Crippen LogP contribution < -0.4 is 0 Å². The lowest BCUT2D eigenvalue weighted by molar-refractivity contribution is -0.109. The van der Waals surface area contributed by atoms with Crippen molar-refractivity contribution in [2.75, 3.05) is 5.75 Å². The van der Waals surface area contributed by atoms with E-state index in [-0.39, 0.29) is 5.12 Å². The zero-order valence-electron chi connectivity index (χ0n) is 8.98. The Morgan fingerprint density at radius 2 is 2.41 bits per heavy atom. The van der Waals surface area contributed by atoms with Gasteiger partial charge in [0, 0.05) is 12.7 Å². The minimum absolute atomic E-state index is 0.0884. The molecule has 0 aliphatic rings. The van der Waals surface area contributed by atoms with Gasteiger partial charge in [-0.25, -0.2) is 9.97 Å². The van der Waals surface area contributed by atoms with E-state index in [0.717, 1.165) is 5.69 Å². The molecule has 0 bridgehead atoms. The summed E-state index contributed by atoms with van der Waals surface area (Å²) in [7, 11) is 0. The van der Waals surface area contributed by atoms with E-state index in [1.165, 1.54) is 25.0 Å². The van der Waals surface area contributed by atoms with Crippen LogP contribution in [0, 0.1) is 0 Å². The van der Waals surface area contributed by atoms with Gasteiger partial charge in [-0.3, -0.25) is 9.89 Å². The fraction of sp³-hybridized carbons (Fsp3) is 0.200. The number of halogens is 1. The van der Waals surface area contributed by atoms with E-state index >= 15 is 0 Å². The molecule has 0 amide bonds. The number of aromatic nitrogens is 4. The number of carbonyl (C=O) groups excluding carboxylic acids is 1. The molecule has 2 heterocycles. The number of nitrogens with zero attached hydrogens (tertiary/aromatic N) is 3. The second kappa shape index (κ2) is 5.29. The predicted molar refractivity (Wildman–Crippen MR) is 68.9 cm³/mol. The highest BCUT2D eigenvalue weighted by Gasteiger charge is 2.08. The fourth-order valence-electron chi connectivity index (χ4n) is 1.29. The summed E-state index contributed by atoms with van der Waals surface area (Å²) in [6, 6.07) is 0. The van der Waals surface area contributed by atoms with E-state index in [2.05, 4.69) is 20.2 Å². The fourth-order valence-corrected chi connectivity index (χ4v) is 1.95. The van der Waals surface area contributed by atoms with Gasteiger partial charge in [0.05, 0.1) is 11.1 Å². The van der Waals surface area contributed by atoms with Crippen LogP contribution in [0.5, 0.6) is 0 Å². The van der Waals surface area contributed by atoms with Gasteiger partial charge in [0.1, 0.15) is 11.5 Å². The van der Waals surface area contributed by atoms with Crippen molar-refractivity contribution in [1.82, 2.24) is 20.2 Å². The van der Waals surface area contributed by atoms with E-state index in [4.69, 9.17) is 11.6 Å². The molecule has 0 radical (unpaired) electrons. The van der Waals surface area contributed by atoms with Crippen LogP contribution in [-0.4, -0.2) is 31.0 Å². The summed E-state index contributed by atoms with van der Waals surface area (Å²) >= 11 is 7.20. The summed E-state index contributed by atoms with van der Waals surface area (Å²) in [5, 5.41) is 7.98. The Hall–Kier alpha value is -1.40. The highest BCUT2D eigenvalue weighted by atomic mass is 35.5. The molecule has 0 saturated heterocycles. The highest BCUT2D eigenvalue weighted by molar-refractivity contribution is 8.13. The van der Waals surface area contributed by atoms with Crippen LogP contribution >= 0.6 is 23.4 Å². The van der Waals surface area contributed by atoms with Crippen LogP contribution in [-0.2, 0) is 4.79 Å². The topological polar surface area (TPSA) is 71.5 Å². The normalized spacial score (nSPS) is 11.4. The Kier molecular flexibility index (Phi) is 3.75. The quantitative estimate of drug-likeness (QED) is 0.865. The van der Waals surface area contributed by atoms with E-state index in [9.17, 15) is 4.79 Å². The second-order valence-corrected chi connectivity index (χ2v) is 4.76. The van der Waals surface area contributed by atoms with E-state index in [1.54, 1.807) is 0 Å². The Bertz CT molecular complexity index is 581. The molecule has 1 N–H and O–H groups in total. The summed E-state index contributed by atoms with van der Waals surface area (Å²) < 4.78 is 0. The standard InChI is InChI=1S/C10H9ClN4OS/c1-6(16)17-4-2-3-7-8-9(11)12-5-13-10(8)15-14-7/h2-3,5H,4H2,1H3,(H,12,13,14,15). The molecular formula is C10H9ClN4OS. The summed E-state index contributed by atoms with van der Waals surface area (Å²) in [6.07, 6.45) is 5.05.